The summed E-state index contributed by atoms with van der Waals surface area (Å²) in [5.41, 5.74) is 2.04. The molecular weight excluding hydrogens is 404 g/mol. The van der Waals surface area contributed by atoms with Crippen molar-refractivity contribution in [2.45, 2.75) is 26.4 Å². The molecule has 0 aliphatic carbocycles. The molecule has 3 rings (SSSR count). The number of nitrogens with zero attached hydrogens (tertiary/aromatic N) is 2. The number of rotatable bonds is 10. The van der Waals surface area contributed by atoms with Crippen LogP contribution in [0.3, 0.4) is 0 Å². The Balaban J connectivity index is 1.61. The Morgan fingerprint density at radius 2 is 1.69 bits per heavy atom. The minimum atomic E-state index is 0.503. The van der Waals surface area contributed by atoms with Crippen molar-refractivity contribution in [3.8, 4) is 23.1 Å². The standard InChI is InChI=1S/C25H30N4O3/c1-4-16-31-22-9-5-6-10-23(22)32-24-20(8-7-15-27-24)18-29-25(26-2)28-17-19-11-13-21(30-3)14-12-19/h5-15H,4,16-18H2,1-3H3,(H2,26,28,29). The molecule has 0 spiro atoms. The fourth-order valence-electron chi connectivity index (χ4n) is 2.95. The summed E-state index contributed by atoms with van der Waals surface area (Å²) in [6.45, 7) is 3.85. The van der Waals surface area contributed by atoms with Crippen molar-refractivity contribution in [3.63, 3.8) is 0 Å². The number of aromatic nitrogens is 1. The number of benzene rings is 2. The van der Waals surface area contributed by atoms with Crippen LogP contribution in [0.25, 0.3) is 0 Å². The molecule has 0 fully saturated rings. The van der Waals surface area contributed by atoms with Gasteiger partial charge in [0, 0.05) is 31.9 Å². The quantitative estimate of drug-likeness (QED) is 0.360. The summed E-state index contributed by atoms with van der Waals surface area (Å²) in [4.78, 5) is 8.72. The fraction of sp³-hybridized carbons (Fsp3) is 0.280. The average Bonchev–Trinajstić information content (AvgIpc) is 2.85. The molecule has 7 heteroatoms. The summed E-state index contributed by atoms with van der Waals surface area (Å²) < 4.78 is 17.1. The lowest BCUT2D eigenvalue weighted by Gasteiger charge is -2.15. The summed E-state index contributed by atoms with van der Waals surface area (Å²) in [5, 5.41) is 6.63. The van der Waals surface area contributed by atoms with E-state index in [4.69, 9.17) is 14.2 Å². The van der Waals surface area contributed by atoms with Gasteiger partial charge in [-0.05, 0) is 42.3 Å². The van der Waals surface area contributed by atoms with Crippen LogP contribution in [-0.4, -0.2) is 31.7 Å². The highest BCUT2D eigenvalue weighted by molar-refractivity contribution is 5.79. The molecule has 0 radical (unpaired) electrons. The van der Waals surface area contributed by atoms with Gasteiger partial charge in [-0.3, -0.25) is 4.99 Å². The number of pyridine rings is 1. The normalized spacial score (nSPS) is 11.0. The predicted molar refractivity (Wildman–Crippen MR) is 127 cm³/mol. The Kier molecular flexibility index (Phi) is 8.74. The van der Waals surface area contributed by atoms with Gasteiger partial charge in [0.15, 0.2) is 17.5 Å². The van der Waals surface area contributed by atoms with Gasteiger partial charge in [-0.2, -0.15) is 0 Å². The van der Waals surface area contributed by atoms with Crippen LogP contribution in [-0.2, 0) is 13.1 Å². The molecule has 168 valence electrons. The third-order valence-electron chi connectivity index (χ3n) is 4.66. The first kappa shape index (κ1) is 22.9. The molecule has 1 heterocycles. The van der Waals surface area contributed by atoms with Gasteiger partial charge in [-0.25, -0.2) is 4.98 Å². The van der Waals surface area contributed by atoms with Gasteiger partial charge in [0.05, 0.1) is 13.7 Å². The Morgan fingerprint density at radius 1 is 0.938 bits per heavy atom. The van der Waals surface area contributed by atoms with Crippen molar-refractivity contribution in [2.24, 2.45) is 4.99 Å². The van der Waals surface area contributed by atoms with Crippen molar-refractivity contribution in [1.29, 1.82) is 0 Å². The third-order valence-corrected chi connectivity index (χ3v) is 4.66. The molecule has 1 aromatic heterocycles. The monoisotopic (exact) mass is 434 g/mol. The largest absolute Gasteiger partial charge is 0.497 e. The molecule has 0 aliphatic rings. The van der Waals surface area contributed by atoms with Crippen LogP contribution in [0, 0.1) is 0 Å². The number of aliphatic imine (C=N–C) groups is 1. The van der Waals surface area contributed by atoms with E-state index >= 15 is 0 Å². The molecule has 0 bridgehead atoms. The lowest BCUT2D eigenvalue weighted by atomic mass is 10.2. The van der Waals surface area contributed by atoms with Gasteiger partial charge in [0.2, 0.25) is 5.88 Å². The molecule has 0 saturated carbocycles. The highest BCUT2D eigenvalue weighted by Gasteiger charge is 2.11. The average molecular weight is 435 g/mol. The predicted octanol–water partition coefficient (Wildman–Crippen LogP) is 4.54. The number of para-hydroxylation sites is 2. The third kappa shape index (κ3) is 6.63. The molecule has 0 aliphatic heterocycles. The van der Waals surface area contributed by atoms with Crippen molar-refractivity contribution < 1.29 is 14.2 Å². The van der Waals surface area contributed by atoms with E-state index in [0.717, 1.165) is 23.3 Å². The van der Waals surface area contributed by atoms with Crippen LogP contribution in [0.1, 0.15) is 24.5 Å². The first-order valence-electron chi connectivity index (χ1n) is 10.6. The zero-order valence-electron chi connectivity index (χ0n) is 18.8. The molecule has 0 saturated heterocycles. The smallest absolute Gasteiger partial charge is 0.224 e. The molecule has 0 amide bonds. The van der Waals surface area contributed by atoms with E-state index in [9.17, 15) is 0 Å². The van der Waals surface area contributed by atoms with E-state index in [1.54, 1.807) is 20.4 Å². The number of hydrogen-bond donors (Lipinski definition) is 2. The summed E-state index contributed by atoms with van der Waals surface area (Å²) in [7, 11) is 3.40. The molecule has 32 heavy (non-hydrogen) atoms. The fourth-order valence-corrected chi connectivity index (χ4v) is 2.95. The molecule has 7 nitrogen and oxygen atoms in total. The van der Waals surface area contributed by atoms with Crippen molar-refractivity contribution in [2.75, 3.05) is 20.8 Å². The zero-order chi connectivity index (χ0) is 22.6. The highest BCUT2D eigenvalue weighted by Crippen LogP contribution is 2.31. The second-order valence-corrected chi connectivity index (χ2v) is 6.99. The summed E-state index contributed by atoms with van der Waals surface area (Å²) in [5.74, 6) is 3.39. The minimum absolute atomic E-state index is 0.503. The SMILES string of the molecule is CCCOc1ccccc1Oc1ncccc1CNC(=NC)NCc1ccc(OC)cc1. The van der Waals surface area contributed by atoms with Gasteiger partial charge in [0.25, 0.3) is 0 Å². The number of hydrogen-bond acceptors (Lipinski definition) is 5. The number of methoxy groups -OCH3 is 1. The highest BCUT2D eigenvalue weighted by atomic mass is 16.5. The van der Waals surface area contributed by atoms with E-state index < -0.39 is 0 Å². The Labute approximate surface area is 189 Å². The van der Waals surface area contributed by atoms with E-state index in [1.165, 1.54) is 0 Å². The number of guanidine groups is 1. The van der Waals surface area contributed by atoms with Gasteiger partial charge in [0.1, 0.15) is 5.75 Å². The minimum Gasteiger partial charge on any atom is -0.497 e. The lowest BCUT2D eigenvalue weighted by Crippen LogP contribution is -2.36. The zero-order valence-corrected chi connectivity index (χ0v) is 18.8. The first-order valence-corrected chi connectivity index (χ1v) is 10.6. The second kappa shape index (κ2) is 12.2. The maximum absolute atomic E-state index is 6.11. The summed E-state index contributed by atoms with van der Waals surface area (Å²) in [6.07, 6.45) is 2.64. The van der Waals surface area contributed by atoms with E-state index in [0.29, 0.717) is 43.0 Å². The van der Waals surface area contributed by atoms with Crippen LogP contribution in [0.2, 0.25) is 0 Å². The van der Waals surface area contributed by atoms with Gasteiger partial charge >= 0.3 is 0 Å². The van der Waals surface area contributed by atoms with Crippen LogP contribution in [0.4, 0.5) is 0 Å². The maximum atomic E-state index is 6.11. The van der Waals surface area contributed by atoms with Gasteiger partial charge in [-0.15, -0.1) is 0 Å². The molecular formula is C25H30N4O3. The Hall–Kier alpha value is -3.74. The van der Waals surface area contributed by atoms with E-state index in [1.807, 2.05) is 60.7 Å². The van der Waals surface area contributed by atoms with Crippen LogP contribution in [0.15, 0.2) is 71.9 Å². The topological polar surface area (TPSA) is 77.0 Å². The van der Waals surface area contributed by atoms with Gasteiger partial charge in [-0.1, -0.05) is 37.3 Å². The van der Waals surface area contributed by atoms with Crippen molar-refractivity contribution >= 4 is 5.96 Å². The maximum Gasteiger partial charge on any atom is 0.224 e. The second-order valence-electron chi connectivity index (χ2n) is 6.99. The summed E-state index contributed by atoms with van der Waals surface area (Å²) >= 11 is 0. The van der Waals surface area contributed by atoms with Crippen LogP contribution >= 0.6 is 0 Å². The lowest BCUT2D eigenvalue weighted by molar-refractivity contribution is 0.300. The van der Waals surface area contributed by atoms with Crippen molar-refractivity contribution in [1.82, 2.24) is 15.6 Å². The molecule has 0 unspecified atom stereocenters. The van der Waals surface area contributed by atoms with Crippen LogP contribution < -0.4 is 24.8 Å². The molecule has 2 aromatic carbocycles. The Bertz CT molecular complexity index is 1010. The van der Waals surface area contributed by atoms with Gasteiger partial charge < -0.3 is 24.8 Å². The molecule has 2 N–H and O–H groups in total. The van der Waals surface area contributed by atoms with Crippen LogP contribution in [0.5, 0.6) is 23.1 Å². The Morgan fingerprint density at radius 3 is 2.41 bits per heavy atom. The number of ether oxygens (including phenoxy) is 3. The summed E-state index contributed by atoms with van der Waals surface area (Å²) in [6, 6.07) is 19.4. The number of nitrogens with one attached hydrogen (secondary N) is 2. The van der Waals surface area contributed by atoms with E-state index in [-0.39, 0.29) is 0 Å². The molecule has 3 aromatic rings. The van der Waals surface area contributed by atoms with Crippen molar-refractivity contribution in [3.05, 3.63) is 78.0 Å². The van der Waals surface area contributed by atoms with E-state index in [2.05, 4.69) is 27.5 Å². The molecule has 0 atom stereocenters. The first-order chi connectivity index (χ1) is 15.7.